The fourth-order valence-corrected chi connectivity index (χ4v) is 2.89. The first-order chi connectivity index (χ1) is 10.9. The van der Waals surface area contributed by atoms with Crippen LogP contribution in [0.25, 0.3) is 0 Å². The van der Waals surface area contributed by atoms with Gasteiger partial charge in [-0.2, -0.15) is 5.26 Å². The Morgan fingerprint density at radius 2 is 2.04 bits per heavy atom. The molecule has 2 rings (SSSR count). The van der Waals surface area contributed by atoms with Gasteiger partial charge in [-0.25, -0.2) is 4.39 Å². The topological polar surface area (TPSA) is 60.2 Å². The van der Waals surface area contributed by atoms with E-state index in [1.54, 1.807) is 13.1 Å². The van der Waals surface area contributed by atoms with Crippen LogP contribution in [0.1, 0.15) is 50.7 Å². The lowest BCUT2D eigenvalue weighted by Crippen LogP contribution is -2.45. The molecule has 0 heterocycles. The van der Waals surface area contributed by atoms with Crippen molar-refractivity contribution in [3.8, 4) is 6.07 Å². The Kier molecular flexibility index (Phi) is 7.94. The number of nitrogens with zero attached hydrogens (tertiary/aromatic N) is 2. The maximum atomic E-state index is 13.8. The van der Waals surface area contributed by atoms with E-state index in [0.717, 1.165) is 12.8 Å². The molecule has 4 nitrogen and oxygen atoms in total. The van der Waals surface area contributed by atoms with Gasteiger partial charge in [0.15, 0.2) is 5.96 Å². The van der Waals surface area contributed by atoms with Crippen molar-refractivity contribution in [3.63, 3.8) is 0 Å². The van der Waals surface area contributed by atoms with Crippen molar-refractivity contribution in [2.24, 2.45) is 10.4 Å². The molecule has 0 aliphatic heterocycles. The Morgan fingerprint density at radius 1 is 1.38 bits per heavy atom. The number of halogens is 2. The molecular weight excluding hydrogens is 418 g/mol. The second-order valence-corrected chi connectivity index (χ2v) is 6.93. The highest BCUT2D eigenvalue weighted by Crippen LogP contribution is 2.34. The summed E-state index contributed by atoms with van der Waals surface area (Å²) in [6, 6.07) is 6.81. The summed E-state index contributed by atoms with van der Waals surface area (Å²) >= 11 is 0. The van der Waals surface area contributed by atoms with E-state index in [-0.39, 0.29) is 29.8 Å². The van der Waals surface area contributed by atoms with E-state index >= 15 is 0 Å². The van der Waals surface area contributed by atoms with Crippen LogP contribution in [-0.4, -0.2) is 19.0 Å². The molecule has 0 bridgehead atoms. The maximum Gasteiger partial charge on any atom is 0.191 e. The van der Waals surface area contributed by atoms with Gasteiger partial charge >= 0.3 is 0 Å². The molecule has 0 amide bonds. The molecule has 1 fully saturated rings. The zero-order valence-electron chi connectivity index (χ0n) is 14.5. The van der Waals surface area contributed by atoms with Crippen LogP contribution in [0.15, 0.2) is 23.2 Å². The van der Waals surface area contributed by atoms with E-state index in [4.69, 9.17) is 5.26 Å². The molecule has 1 aliphatic rings. The molecule has 132 valence electrons. The minimum absolute atomic E-state index is 0. The van der Waals surface area contributed by atoms with E-state index in [9.17, 15) is 4.39 Å². The highest BCUT2D eigenvalue weighted by Gasteiger charge is 2.27. The van der Waals surface area contributed by atoms with Crippen LogP contribution in [0.2, 0.25) is 0 Å². The van der Waals surface area contributed by atoms with Gasteiger partial charge in [-0.05, 0) is 49.3 Å². The molecule has 1 saturated carbocycles. The normalized spacial score (nSPS) is 17.5. The number of benzene rings is 1. The van der Waals surface area contributed by atoms with E-state index in [0.29, 0.717) is 35.1 Å². The Bertz CT molecular complexity index is 612. The average molecular weight is 444 g/mol. The van der Waals surface area contributed by atoms with Crippen LogP contribution < -0.4 is 10.6 Å². The third-order valence-corrected chi connectivity index (χ3v) is 4.52. The zero-order chi connectivity index (χ0) is 16.9. The Hall–Kier alpha value is -1.36. The minimum atomic E-state index is -0.314. The van der Waals surface area contributed by atoms with Crippen LogP contribution in [0, 0.1) is 22.6 Å². The van der Waals surface area contributed by atoms with Crippen LogP contribution in [-0.2, 0) is 6.54 Å². The minimum Gasteiger partial charge on any atom is -0.354 e. The van der Waals surface area contributed by atoms with Crippen molar-refractivity contribution >= 4 is 29.9 Å². The summed E-state index contributed by atoms with van der Waals surface area (Å²) in [6.45, 7) is 4.92. The van der Waals surface area contributed by atoms with Gasteiger partial charge in [0.25, 0.3) is 0 Å². The van der Waals surface area contributed by atoms with E-state index in [2.05, 4.69) is 29.5 Å². The Balaban J connectivity index is 0.00000288. The van der Waals surface area contributed by atoms with Crippen LogP contribution in [0.5, 0.6) is 0 Å². The molecule has 1 aromatic rings. The molecule has 2 N–H and O–H groups in total. The number of guanidine groups is 1. The molecule has 24 heavy (non-hydrogen) atoms. The maximum absolute atomic E-state index is 13.8. The first kappa shape index (κ1) is 20.7. The third-order valence-electron chi connectivity index (χ3n) is 4.52. The summed E-state index contributed by atoms with van der Waals surface area (Å²) in [7, 11) is 1.71. The van der Waals surface area contributed by atoms with Gasteiger partial charge in [0.05, 0.1) is 11.6 Å². The molecule has 0 unspecified atom stereocenters. The third kappa shape index (κ3) is 5.93. The number of hydrogen-bond donors (Lipinski definition) is 2. The summed E-state index contributed by atoms with van der Waals surface area (Å²) in [6.07, 6.45) is 4.62. The van der Waals surface area contributed by atoms with E-state index < -0.39 is 0 Å². The number of hydrogen-bond acceptors (Lipinski definition) is 2. The van der Waals surface area contributed by atoms with Crippen LogP contribution in [0.3, 0.4) is 0 Å². The van der Waals surface area contributed by atoms with Gasteiger partial charge in [0.2, 0.25) is 0 Å². The predicted molar refractivity (Wildman–Crippen MR) is 106 cm³/mol. The van der Waals surface area contributed by atoms with Crippen molar-refractivity contribution < 1.29 is 4.39 Å². The number of aliphatic imine (C=N–C) groups is 1. The Morgan fingerprint density at radius 3 is 2.62 bits per heavy atom. The number of rotatable bonds is 3. The van der Waals surface area contributed by atoms with Crippen molar-refractivity contribution in [1.29, 1.82) is 5.26 Å². The van der Waals surface area contributed by atoms with Crippen LogP contribution in [0.4, 0.5) is 4.39 Å². The second-order valence-electron chi connectivity index (χ2n) is 6.93. The summed E-state index contributed by atoms with van der Waals surface area (Å²) in [4.78, 5) is 4.21. The van der Waals surface area contributed by atoms with E-state index in [1.807, 2.05) is 6.07 Å². The smallest absolute Gasteiger partial charge is 0.191 e. The average Bonchev–Trinajstić information content (AvgIpc) is 2.54. The molecule has 1 aromatic carbocycles. The summed E-state index contributed by atoms with van der Waals surface area (Å²) in [5, 5.41) is 15.5. The highest BCUT2D eigenvalue weighted by molar-refractivity contribution is 14.0. The van der Waals surface area contributed by atoms with Crippen molar-refractivity contribution in [1.82, 2.24) is 10.6 Å². The van der Waals surface area contributed by atoms with Crippen molar-refractivity contribution in [2.45, 2.75) is 52.1 Å². The molecule has 0 saturated heterocycles. The van der Waals surface area contributed by atoms with Gasteiger partial charge in [-0.1, -0.05) is 13.8 Å². The lowest BCUT2D eigenvalue weighted by molar-refractivity contribution is 0.216. The fourth-order valence-electron chi connectivity index (χ4n) is 2.89. The van der Waals surface area contributed by atoms with Gasteiger partial charge < -0.3 is 10.6 Å². The molecule has 6 heteroatoms. The monoisotopic (exact) mass is 444 g/mol. The zero-order valence-corrected chi connectivity index (χ0v) is 16.9. The lowest BCUT2D eigenvalue weighted by Gasteiger charge is -2.35. The first-order valence-corrected chi connectivity index (χ1v) is 8.09. The second kappa shape index (κ2) is 9.21. The molecule has 1 aliphatic carbocycles. The summed E-state index contributed by atoms with van der Waals surface area (Å²) in [5.74, 6) is 0.364. The molecule has 0 aromatic heterocycles. The van der Waals surface area contributed by atoms with Gasteiger partial charge in [0, 0.05) is 25.2 Å². The molecule has 0 radical (unpaired) electrons. The summed E-state index contributed by atoms with van der Waals surface area (Å²) < 4.78 is 13.8. The largest absolute Gasteiger partial charge is 0.354 e. The van der Waals surface area contributed by atoms with Crippen molar-refractivity contribution in [3.05, 3.63) is 35.1 Å². The first-order valence-electron chi connectivity index (χ1n) is 8.09. The van der Waals surface area contributed by atoms with Crippen LogP contribution >= 0.6 is 24.0 Å². The standard InChI is InChI=1S/C18H25FN4.HI/c1-18(2)8-6-15(7-9-18)23-17(21-3)22-12-14-10-13(11-20)4-5-16(14)19;/h4-5,10,15H,6-9,12H2,1-3H3,(H2,21,22,23);1H. The van der Waals surface area contributed by atoms with Gasteiger partial charge in [0.1, 0.15) is 5.82 Å². The Labute approximate surface area is 161 Å². The van der Waals surface area contributed by atoms with E-state index in [1.165, 1.54) is 25.0 Å². The lowest BCUT2D eigenvalue weighted by atomic mass is 9.75. The molecule has 0 atom stereocenters. The van der Waals surface area contributed by atoms with Gasteiger partial charge in [-0.15, -0.1) is 24.0 Å². The number of nitrogens with one attached hydrogen (secondary N) is 2. The highest BCUT2D eigenvalue weighted by atomic mass is 127. The summed E-state index contributed by atoms with van der Waals surface area (Å²) in [5.41, 5.74) is 1.35. The molecular formula is C18H26FIN4. The SMILES string of the molecule is CN=C(NCc1cc(C#N)ccc1F)NC1CCC(C)(C)CC1.I. The number of nitriles is 1. The van der Waals surface area contributed by atoms with Gasteiger partial charge in [-0.3, -0.25) is 4.99 Å². The fraction of sp³-hybridized carbons (Fsp3) is 0.556. The predicted octanol–water partition coefficient (Wildman–Crippen LogP) is 3.95. The molecule has 0 spiro atoms. The quantitative estimate of drug-likeness (QED) is 0.422. The van der Waals surface area contributed by atoms with Crippen molar-refractivity contribution in [2.75, 3.05) is 7.05 Å².